The molecule has 0 amide bonds. The van der Waals surface area contributed by atoms with Crippen LogP contribution in [0, 0.1) is 41.1 Å². The molecule has 0 radical (unpaired) electrons. The molecule has 0 nitrogen and oxygen atoms in total. The zero-order chi connectivity index (χ0) is 25.0. The van der Waals surface area contributed by atoms with Gasteiger partial charge in [0.25, 0.3) is 0 Å². The minimum absolute atomic E-state index is 0. The third kappa shape index (κ3) is 7.92. The second-order valence-corrected chi connectivity index (χ2v) is 17.5. The second kappa shape index (κ2) is 14.6. The van der Waals surface area contributed by atoms with Crippen LogP contribution in [0.3, 0.4) is 0 Å². The first-order valence-electron chi connectivity index (χ1n) is 10.3. The van der Waals surface area contributed by atoms with E-state index in [2.05, 4.69) is 46.9 Å². The Labute approximate surface area is 231 Å². The standard InChI is InChI=1S/C15H6F5.C9H13.C2H6Si.2ClH.Zr/c16-11-10(12(17)14(19)15(20)13(11)18)9-6-5-7-3-1-2-4-8(7)9;1-6-5-7(2)9(4)8(6)3;1-3-2;;;/h1-6H;6H,1-4H3;1-2H3;2*1H;/q2*-1;;;;+2/p-2. The van der Waals surface area contributed by atoms with E-state index in [1.807, 2.05) is 0 Å². The molecule has 188 valence electrons. The summed E-state index contributed by atoms with van der Waals surface area (Å²) < 4.78 is 67.0. The van der Waals surface area contributed by atoms with Crippen molar-refractivity contribution in [2.24, 2.45) is 5.92 Å². The number of halogens is 7. The maximum absolute atomic E-state index is 13.8. The number of benzene rings is 2. The van der Waals surface area contributed by atoms with Crippen molar-refractivity contribution >= 4 is 16.2 Å². The minimum atomic E-state index is -2.15. The van der Waals surface area contributed by atoms with Gasteiger partial charge in [-0.1, -0.05) is 32.8 Å². The van der Waals surface area contributed by atoms with Crippen LogP contribution in [-0.4, -0.2) is 5.43 Å². The fraction of sp³-hybridized carbons (Fsp3) is 0.269. The van der Waals surface area contributed by atoms with Gasteiger partial charge in [-0.15, -0.1) is 53.6 Å². The van der Waals surface area contributed by atoms with Crippen LogP contribution < -0.4 is 24.8 Å². The SMILES string of the molecule is CC1=[C-]C(C)C(C)=C1C.C[Si](C)=[Zr+2].Fc1c(F)c(F)c(-c2c[cH-]c3ccccc23)c(F)c1F.[Cl-].[Cl-]. The smallest absolute Gasteiger partial charge is 0.200 e. The van der Waals surface area contributed by atoms with Gasteiger partial charge >= 0.3 is 41.9 Å². The van der Waals surface area contributed by atoms with Gasteiger partial charge in [0, 0.05) is 5.56 Å². The Morgan fingerprint density at radius 3 is 1.71 bits per heavy atom. The van der Waals surface area contributed by atoms with E-state index in [4.69, 9.17) is 0 Å². The van der Waals surface area contributed by atoms with Gasteiger partial charge in [0.15, 0.2) is 29.1 Å². The van der Waals surface area contributed by atoms with E-state index >= 15 is 0 Å². The summed E-state index contributed by atoms with van der Waals surface area (Å²) in [5.74, 6) is -9.12. The summed E-state index contributed by atoms with van der Waals surface area (Å²) in [6.45, 7) is 13.3. The molecule has 1 unspecified atom stereocenters. The summed E-state index contributed by atoms with van der Waals surface area (Å²) in [6, 6.07) is 9.47. The van der Waals surface area contributed by atoms with Gasteiger partial charge in [-0.2, -0.15) is 11.1 Å². The average Bonchev–Trinajstić information content (AvgIpc) is 3.28. The first-order chi connectivity index (χ1) is 15.4. The molecule has 1 aliphatic rings. The number of rotatable bonds is 1. The Hall–Kier alpha value is -1.14. The molecule has 0 N–H and O–H groups in total. The molecule has 3 aromatic carbocycles. The summed E-state index contributed by atoms with van der Waals surface area (Å²) in [4.78, 5) is 0. The van der Waals surface area contributed by atoms with Crippen LogP contribution in [0.25, 0.3) is 21.9 Å². The van der Waals surface area contributed by atoms with Crippen molar-refractivity contribution in [1.29, 1.82) is 0 Å². The molecular weight excluding hydrogens is 597 g/mol. The number of hydrogen-bond donors (Lipinski definition) is 0. The molecule has 0 spiro atoms. The molecule has 4 rings (SSSR count). The second-order valence-electron chi connectivity index (χ2n) is 8.08. The van der Waals surface area contributed by atoms with Crippen LogP contribution in [0.1, 0.15) is 27.7 Å². The topological polar surface area (TPSA) is 0 Å². The van der Waals surface area contributed by atoms with Gasteiger partial charge in [0.2, 0.25) is 0 Å². The summed E-state index contributed by atoms with van der Waals surface area (Å²) in [7, 11) is 0. The Kier molecular flexibility index (Phi) is 14.1. The molecule has 0 fully saturated rings. The number of hydrogen-bond acceptors (Lipinski definition) is 0. The molecule has 1 atom stereocenters. The first-order valence-corrected chi connectivity index (χ1v) is 16.5. The molecule has 35 heavy (non-hydrogen) atoms. The van der Waals surface area contributed by atoms with E-state index in [0.29, 0.717) is 16.7 Å². The Balaban J connectivity index is 0.000000649. The zero-order valence-corrected chi connectivity index (χ0v) is 25.2. The molecule has 9 heteroatoms. The normalized spacial score (nSPS) is 14.2. The third-order valence-corrected chi connectivity index (χ3v) is 5.40. The van der Waals surface area contributed by atoms with Gasteiger partial charge in [-0.3, -0.25) is 6.08 Å². The van der Waals surface area contributed by atoms with Crippen molar-refractivity contribution in [3.05, 3.63) is 88.3 Å². The van der Waals surface area contributed by atoms with Gasteiger partial charge in [-0.25, -0.2) is 27.5 Å². The van der Waals surface area contributed by atoms with Gasteiger partial charge in [0.1, 0.15) is 0 Å². The predicted octanol–water partition coefficient (Wildman–Crippen LogP) is 2.44. The van der Waals surface area contributed by atoms with E-state index in [9.17, 15) is 22.0 Å². The van der Waals surface area contributed by atoms with Crippen molar-refractivity contribution < 1.29 is 70.1 Å². The molecule has 0 aliphatic heterocycles. The summed E-state index contributed by atoms with van der Waals surface area (Å²) >= 11 is 1.74. The molecule has 3 aromatic rings. The van der Waals surface area contributed by atoms with Crippen LogP contribution in [0.2, 0.25) is 13.1 Å². The Bertz CT molecular complexity index is 1230. The first kappa shape index (κ1) is 33.9. The van der Waals surface area contributed by atoms with E-state index in [-0.39, 0.29) is 35.8 Å². The van der Waals surface area contributed by atoms with E-state index in [0.717, 1.165) is 0 Å². The quantitative estimate of drug-likeness (QED) is 0.129. The van der Waals surface area contributed by atoms with Crippen LogP contribution in [0.4, 0.5) is 22.0 Å². The van der Waals surface area contributed by atoms with E-state index in [1.165, 1.54) is 22.8 Å². The molecule has 0 saturated heterocycles. The van der Waals surface area contributed by atoms with Crippen molar-refractivity contribution in [2.45, 2.75) is 40.8 Å². The third-order valence-electron chi connectivity index (χ3n) is 5.40. The van der Waals surface area contributed by atoms with Gasteiger partial charge in [0.05, 0.1) is 0 Å². The molecular formula is C26H25Cl2F5SiZr-2. The fourth-order valence-corrected chi connectivity index (χ4v) is 3.37. The molecule has 0 bridgehead atoms. The van der Waals surface area contributed by atoms with Crippen LogP contribution >= 0.6 is 0 Å². The summed E-state index contributed by atoms with van der Waals surface area (Å²) in [5.41, 5.74) is 3.54. The molecule has 0 aromatic heterocycles. The summed E-state index contributed by atoms with van der Waals surface area (Å²) in [5, 5.41) is 1.09. The van der Waals surface area contributed by atoms with Gasteiger partial charge < -0.3 is 24.8 Å². The van der Waals surface area contributed by atoms with Crippen LogP contribution in [0.15, 0.2) is 53.1 Å². The van der Waals surface area contributed by atoms with Crippen molar-refractivity contribution in [3.8, 4) is 11.1 Å². The Morgan fingerprint density at radius 2 is 1.31 bits per heavy atom. The van der Waals surface area contributed by atoms with E-state index in [1.54, 1.807) is 53.7 Å². The van der Waals surface area contributed by atoms with Crippen molar-refractivity contribution in [3.63, 3.8) is 0 Å². The van der Waals surface area contributed by atoms with Crippen molar-refractivity contribution in [2.75, 3.05) is 0 Å². The maximum atomic E-state index is 13.8. The maximum Gasteiger partial charge on any atom is 0.200 e. The Morgan fingerprint density at radius 1 is 0.857 bits per heavy atom. The number of allylic oxidation sites excluding steroid dienone is 4. The van der Waals surface area contributed by atoms with Crippen LogP contribution in [-0.2, 0) is 23.3 Å². The average molecular weight is 623 g/mol. The predicted molar refractivity (Wildman–Crippen MR) is 122 cm³/mol. The molecule has 0 saturated carbocycles. The van der Waals surface area contributed by atoms with E-state index < -0.39 is 34.6 Å². The van der Waals surface area contributed by atoms with Crippen molar-refractivity contribution in [1.82, 2.24) is 0 Å². The van der Waals surface area contributed by atoms with Crippen LogP contribution in [0.5, 0.6) is 0 Å². The minimum Gasteiger partial charge on any atom is -1.00 e. The zero-order valence-electron chi connectivity index (χ0n) is 20.2. The molecule has 1 aliphatic carbocycles. The molecule has 0 heterocycles. The summed E-state index contributed by atoms with van der Waals surface area (Å²) in [6.07, 6.45) is 3.36. The monoisotopic (exact) mass is 620 g/mol. The fourth-order valence-electron chi connectivity index (χ4n) is 3.37. The largest absolute Gasteiger partial charge is 1.00 e. The van der Waals surface area contributed by atoms with Gasteiger partial charge in [-0.05, 0) is 0 Å². The number of fused-ring (bicyclic) bond motifs is 1.